The molecule has 2 nitrogen and oxygen atoms in total. The minimum Gasteiger partial charge on any atom is -0.484 e. The number of fused-ring (bicyclic) bond motifs is 1. The first-order chi connectivity index (χ1) is 11.3. The molecule has 3 aromatic rings. The number of para-hydroxylation sites is 1. The summed E-state index contributed by atoms with van der Waals surface area (Å²) in [6.07, 6.45) is 2.65. The predicted octanol–water partition coefficient (Wildman–Crippen LogP) is 5.39. The van der Waals surface area contributed by atoms with Crippen molar-refractivity contribution in [1.82, 2.24) is 4.98 Å². The van der Waals surface area contributed by atoms with Crippen molar-refractivity contribution in [3.05, 3.63) is 94.8 Å². The van der Waals surface area contributed by atoms with Crippen LogP contribution in [0.15, 0.2) is 72.9 Å². The second kappa shape index (κ2) is 6.05. The molecule has 0 amide bonds. The summed E-state index contributed by atoms with van der Waals surface area (Å²) in [7, 11) is 0. The Morgan fingerprint density at radius 3 is 2.48 bits per heavy atom. The van der Waals surface area contributed by atoms with E-state index in [0.717, 1.165) is 22.9 Å². The molecule has 2 aromatic carbocycles. The summed E-state index contributed by atoms with van der Waals surface area (Å²) in [5, 5.41) is 0.760. The third-order valence-corrected chi connectivity index (χ3v) is 4.56. The molecule has 0 N–H and O–H groups in total. The molecule has 1 aliphatic rings. The van der Waals surface area contributed by atoms with Gasteiger partial charge in [-0.1, -0.05) is 48.0 Å². The highest BCUT2D eigenvalue weighted by molar-refractivity contribution is 6.30. The molecule has 4 rings (SSSR count). The second-order valence-corrected chi connectivity index (χ2v) is 6.18. The maximum atomic E-state index is 6.20. The number of rotatable bonds is 2. The molecule has 0 spiro atoms. The summed E-state index contributed by atoms with van der Waals surface area (Å²) in [4.78, 5) is 4.47. The lowest BCUT2D eigenvalue weighted by atomic mass is 9.83. The molecule has 1 aliphatic heterocycles. The molecule has 0 aliphatic carbocycles. The van der Waals surface area contributed by atoms with Gasteiger partial charge < -0.3 is 4.74 Å². The Balaban J connectivity index is 1.76. The smallest absolute Gasteiger partial charge is 0.141 e. The zero-order chi connectivity index (χ0) is 15.6. The fourth-order valence-corrected chi connectivity index (χ4v) is 3.30. The highest BCUT2D eigenvalue weighted by Crippen LogP contribution is 2.44. The first-order valence-electron chi connectivity index (χ1n) is 7.73. The van der Waals surface area contributed by atoms with Crippen LogP contribution in [-0.2, 0) is 0 Å². The molecule has 0 saturated heterocycles. The van der Waals surface area contributed by atoms with Crippen LogP contribution in [-0.4, -0.2) is 4.98 Å². The molecular formula is C20H16ClNO. The van der Waals surface area contributed by atoms with E-state index in [-0.39, 0.29) is 12.0 Å². The summed E-state index contributed by atoms with van der Waals surface area (Å²) in [6, 6.07) is 22.3. The van der Waals surface area contributed by atoms with Crippen molar-refractivity contribution >= 4 is 11.6 Å². The van der Waals surface area contributed by atoms with Gasteiger partial charge in [-0.05, 0) is 35.9 Å². The first-order valence-corrected chi connectivity index (χ1v) is 8.11. The van der Waals surface area contributed by atoms with Crippen LogP contribution in [0.25, 0.3) is 0 Å². The molecule has 2 heterocycles. The second-order valence-electron chi connectivity index (χ2n) is 5.74. The number of nitrogens with zero attached hydrogens (tertiary/aromatic N) is 1. The average Bonchev–Trinajstić information content (AvgIpc) is 2.62. The predicted molar refractivity (Wildman–Crippen MR) is 92.0 cm³/mol. The van der Waals surface area contributed by atoms with Gasteiger partial charge in [0, 0.05) is 29.1 Å². The van der Waals surface area contributed by atoms with E-state index in [1.54, 1.807) is 0 Å². The Bertz CT molecular complexity index is 801. The molecule has 23 heavy (non-hydrogen) atoms. The average molecular weight is 322 g/mol. The molecule has 0 unspecified atom stereocenters. The Labute approximate surface area is 140 Å². The third-order valence-electron chi connectivity index (χ3n) is 4.30. The topological polar surface area (TPSA) is 22.1 Å². The molecule has 114 valence electrons. The Kier molecular flexibility index (Phi) is 3.76. The first kappa shape index (κ1) is 14.3. The number of hydrogen-bond acceptors (Lipinski definition) is 2. The molecule has 3 heteroatoms. The SMILES string of the molecule is Clc1ccc([C@H]2C[C@H](c3ccccn3)Oc3ccccc32)cc1. The van der Waals surface area contributed by atoms with Crippen molar-refractivity contribution in [2.75, 3.05) is 0 Å². The number of halogens is 1. The van der Waals surface area contributed by atoms with Crippen molar-refractivity contribution in [3.63, 3.8) is 0 Å². The van der Waals surface area contributed by atoms with Crippen molar-refractivity contribution in [1.29, 1.82) is 0 Å². The van der Waals surface area contributed by atoms with Crippen LogP contribution in [0.3, 0.4) is 0 Å². The number of ether oxygens (including phenoxy) is 1. The van der Waals surface area contributed by atoms with Crippen LogP contribution in [0.1, 0.15) is 35.3 Å². The molecule has 0 radical (unpaired) electrons. The van der Waals surface area contributed by atoms with Crippen LogP contribution < -0.4 is 4.74 Å². The monoisotopic (exact) mass is 321 g/mol. The van der Waals surface area contributed by atoms with E-state index in [1.807, 2.05) is 48.7 Å². The van der Waals surface area contributed by atoms with Crippen LogP contribution in [0, 0.1) is 0 Å². The molecule has 2 atom stereocenters. The van der Waals surface area contributed by atoms with Gasteiger partial charge in [0.05, 0.1) is 5.69 Å². The van der Waals surface area contributed by atoms with Gasteiger partial charge in [0.25, 0.3) is 0 Å². The van der Waals surface area contributed by atoms with Crippen molar-refractivity contribution in [3.8, 4) is 5.75 Å². The minimum absolute atomic E-state index is 0.0354. The maximum Gasteiger partial charge on any atom is 0.141 e. The fraction of sp³-hybridized carbons (Fsp3) is 0.150. The van der Waals surface area contributed by atoms with E-state index in [2.05, 4.69) is 29.2 Å². The van der Waals surface area contributed by atoms with E-state index in [1.165, 1.54) is 11.1 Å². The molecule has 0 saturated carbocycles. The Morgan fingerprint density at radius 2 is 1.70 bits per heavy atom. The lowest BCUT2D eigenvalue weighted by molar-refractivity contribution is 0.163. The third kappa shape index (κ3) is 2.82. The van der Waals surface area contributed by atoms with Crippen LogP contribution in [0.2, 0.25) is 5.02 Å². The van der Waals surface area contributed by atoms with E-state index in [0.29, 0.717) is 0 Å². The molecule has 1 aromatic heterocycles. The zero-order valence-corrected chi connectivity index (χ0v) is 13.3. The van der Waals surface area contributed by atoms with Gasteiger partial charge >= 0.3 is 0 Å². The minimum atomic E-state index is -0.0354. The van der Waals surface area contributed by atoms with E-state index < -0.39 is 0 Å². The van der Waals surface area contributed by atoms with Gasteiger partial charge in [0.2, 0.25) is 0 Å². The summed E-state index contributed by atoms with van der Waals surface area (Å²) < 4.78 is 6.20. The largest absolute Gasteiger partial charge is 0.484 e. The van der Waals surface area contributed by atoms with E-state index >= 15 is 0 Å². The zero-order valence-electron chi connectivity index (χ0n) is 12.5. The molecule has 0 bridgehead atoms. The van der Waals surface area contributed by atoms with Crippen molar-refractivity contribution in [2.45, 2.75) is 18.4 Å². The van der Waals surface area contributed by atoms with Crippen LogP contribution in [0.5, 0.6) is 5.75 Å². The summed E-state index contributed by atoms with van der Waals surface area (Å²) in [5.41, 5.74) is 3.45. The standard InChI is InChI=1S/C20H16ClNO/c21-15-10-8-14(9-11-15)17-13-20(18-6-3-4-12-22-18)23-19-7-2-1-5-16(17)19/h1-12,17,20H,13H2/t17-,20-/m1/s1. The molecular weight excluding hydrogens is 306 g/mol. The number of aromatic nitrogens is 1. The number of hydrogen-bond donors (Lipinski definition) is 0. The maximum absolute atomic E-state index is 6.20. The normalized spacial score (nSPS) is 19.7. The van der Waals surface area contributed by atoms with Gasteiger partial charge in [0.15, 0.2) is 0 Å². The van der Waals surface area contributed by atoms with Crippen molar-refractivity contribution in [2.24, 2.45) is 0 Å². The van der Waals surface area contributed by atoms with Gasteiger partial charge in [-0.25, -0.2) is 0 Å². The van der Waals surface area contributed by atoms with Crippen LogP contribution >= 0.6 is 11.6 Å². The number of benzene rings is 2. The summed E-state index contributed by atoms with van der Waals surface area (Å²) in [5.74, 6) is 1.22. The fourth-order valence-electron chi connectivity index (χ4n) is 3.18. The van der Waals surface area contributed by atoms with E-state index in [9.17, 15) is 0 Å². The summed E-state index contributed by atoms with van der Waals surface area (Å²) in [6.45, 7) is 0. The summed E-state index contributed by atoms with van der Waals surface area (Å²) >= 11 is 6.04. The van der Waals surface area contributed by atoms with Gasteiger partial charge in [-0.15, -0.1) is 0 Å². The molecule has 0 fully saturated rings. The van der Waals surface area contributed by atoms with Crippen molar-refractivity contribution < 1.29 is 4.74 Å². The highest BCUT2D eigenvalue weighted by atomic mass is 35.5. The Morgan fingerprint density at radius 1 is 0.913 bits per heavy atom. The van der Waals surface area contributed by atoms with Gasteiger partial charge in [-0.2, -0.15) is 0 Å². The van der Waals surface area contributed by atoms with E-state index in [4.69, 9.17) is 16.3 Å². The lowest BCUT2D eigenvalue weighted by Gasteiger charge is -2.32. The van der Waals surface area contributed by atoms with Gasteiger partial charge in [0.1, 0.15) is 11.9 Å². The quantitative estimate of drug-likeness (QED) is 0.631. The van der Waals surface area contributed by atoms with Crippen LogP contribution in [0.4, 0.5) is 0 Å². The lowest BCUT2D eigenvalue weighted by Crippen LogP contribution is -2.20. The highest BCUT2D eigenvalue weighted by Gasteiger charge is 2.30. The number of pyridine rings is 1. The van der Waals surface area contributed by atoms with Gasteiger partial charge in [-0.3, -0.25) is 4.98 Å². The Hall–Kier alpha value is -2.32.